The van der Waals surface area contributed by atoms with Gasteiger partial charge in [-0.15, -0.1) is 0 Å². The third-order valence-corrected chi connectivity index (χ3v) is 3.37. The third-order valence-electron chi connectivity index (χ3n) is 3.37. The smallest absolute Gasteiger partial charge is 0.119 e. The molecule has 0 bridgehead atoms. The number of aryl methyl sites for hydroxylation is 1. The van der Waals surface area contributed by atoms with Gasteiger partial charge in [0.15, 0.2) is 0 Å². The predicted molar refractivity (Wildman–Crippen MR) is 85.5 cm³/mol. The minimum atomic E-state index is 0.662. The van der Waals surface area contributed by atoms with Crippen LogP contribution >= 0.6 is 0 Å². The molecule has 0 aliphatic carbocycles. The van der Waals surface area contributed by atoms with E-state index in [9.17, 15) is 0 Å². The van der Waals surface area contributed by atoms with Crippen LogP contribution in [0.3, 0.4) is 0 Å². The summed E-state index contributed by atoms with van der Waals surface area (Å²) in [7, 11) is 0. The van der Waals surface area contributed by atoms with Crippen LogP contribution in [0.2, 0.25) is 0 Å². The van der Waals surface area contributed by atoms with Gasteiger partial charge in [0, 0.05) is 25.4 Å². The van der Waals surface area contributed by atoms with E-state index >= 15 is 0 Å². The molecule has 1 heterocycles. The van der Waals surface area contributed by atoms with Gasteiger partial charge in [-0.2, -0.15) is 0 Å². The fourth-order valence-corrected chi connectivity index (χ4v) is 2.27. The molecular formula is C17H25N3O. The van der Waals surface area contributed by atoms with Gasteiger partial charge in [0.1, 0.15) is 18.2 Å². The fraction of sp³-hybridized carbons (Fsp3) is 0.471. The van der Waals surface area contributed by atoms with Gasteiger partial charge in [0.2, 0.25) is 0 Å². The van der Waals surface area contributed by atoms with E-state index in [0.717, 1.165) is 44.0 Å². The Morgan fingerprint density at radius 3 is 3.00 bits per heavy atom. The Labute approximate surface area is 127 Å². The second kappa shape index (κ2) is 8.47. The Morgan fingerprint density at radius 1 is 1.29 bits per heavy atom. The van der Waals surface area contributed by atoms with Gasteiger partial charge in [-0.25, -0.2) is 4.98 Å². The molecule has 0 atom stereocenters. The van der Waals surface area contributed by atoms with E-state index < -0.39 is 0 Å². The van der Waals surface area contributed by atoms with Gasteiger partial charge in [-0.05, 0) is 30.7 Å². The Morgan fingerprint density at radius 2 is 2.19 bits per heavy atom. The van der Waals surface area contributed by atoms with E-state index in [0.29, 0.717) is 6.61 Å². The van der Waals surface area contributed by atoms with Gasteiger partial charge in [0.05, 0.1) is 6.54 Å². The molecule has 2 rings (SSSR count). The van der Waals surface area contributed by atoms with Crippen LogP contribution in [0.25, 0.3) is 0 Å². The van der Waals surface area contributed by atoms with Crippen LogP contribution in [0.4, 0.5) is 0 Å². The number of ether oxygens (including phenoxy) is 1. The normalized spacial score (nSPS) is 10.8. The summed E-state index contributed by atoms with van der Waals surface area (Å²) in [5, 5.41) is 3.40. The second-order valence-corrected chi connectivity index (χ2v) is 5.06. The van der Waals surface area contributed by atoms with Crippen molar-refractivity contribution in [2.45, 2.75) is 39.8 Å². The number of hydrogen-bond donors (Lipinski definition) is 1. The van der Waals surface area contributed by atoms with Crippen molar-refractivity contribution in [2.75, 3.05) is 13.2 Å². The first-order chi connectivity index (χ1) is 10.3. The van der Waals surface area contributed by atoms with Crippen molar-refractivity contribution in [2.24, 2.45) is 0 Å². The average Bonchev–Trinajstić information content (AvgIpc) is 2.96. The first kappa shape index (κ1) is 15.6. The monoisotopic (exact) mass is 287 g/mol. The van der Waals surface area contributed by atoms with Gasteiger partial charge < -0.3 is 14.6 Å². The largest absolute Gasteiger partial charge is 0.492 e. The van der Waals surface area contributed by atoms with Crippen molar-refractivity contribution in [1.82, 2.24) is 14.9 Å². The number of nitrogens with one attached hydrogen (secondary N) is 1. The maximum absolute atomic E-state index is 5.85. The Kier molecular flexibility index (Phi) is 6.28. The molecule has 1 N–H and O–H groups in total. The minimum absolute atomic E-state index is 0.662. The zero-order chi connectivity index (χ0) is 14.9. The number of benzene rings is 1. The molecule has 0 spiro atoms. The van der Waals surface area contributed by atoms with Gasteiger partial charge in [-0.3, -0.25) is 0 Å². The lowest BCUT2D eigenvalue weighted by molar-refractivity contribution is 0.296. The minimum Gasteiger partial charge on any atom is -0.492 e. The van der Waals surface area contributed by atoms with E-state index in [1.165, 1.54) is 5.56 Å². The van der Waals surface area contributed by atoms with E-state index in [-0.39, 0.29) is 0 Å². The molecule has 1 aromatic carbocycles. The molecule has 114 valence electrons. The lowest BCUT2D eigenvalue weighted by Crippen LogP contribution is -2.14. The highest BCUT2D eigenvalue weighted by molar-refractivity contribution is 5.28. The molecule has 0 fully saturated rings. The second-order valence-electron chi connectivity index (χ2n) is 5.06. The maximum Gasteiger partial charge on any atom is 0.119 e. The number of nitrogens with zero attached hydrogens (tertiary/aromatic N) is 2. The molecule has 4 heteroatoms. The summed E-state index contributed by atoms with van der Waals surface area (Å²) in [6, 6.07) is 8.29. The molecule has 4 nitrogen and oxygen atoms in total. The van der Waals surface area contributed by atoms with Crippen LogP contribution in [0.15, 0.2) is 36.7 Å². The lowest BCUT2D eigenvalue weighted by atomic mass is 10.2. The van der Waals surface area contributed by atoms with Gasteiger partial charge in [-0.1, -0.05) is 26.0 Å². The maximum atomic E-state index is 5.85. The Bertz CT molecular complexity index is 536. The Balaban J connectivity index is 1.81. The number of rotatable bonds is 9. The highest BCUT2D eigenvalue weighted by Gasteiger charge is 2.01. The molecule has 2 aromatic rings. The molecule has 1 aromatic heterocycles. The average molecular weight is 287 g/mol. The summed E-state index contributed by atoms with van der Waals surface area (Å²) in [6.45, 7) is 7.73. The molecule has 0 unspecified atom stereocenters. The summed E-state index contributed by atoms with van der Waals surface area (Å²) in [5.74, 6) is 2.04. The van der Waals surface area contributed by atoms with Crippen LogP contribution in [-0.2, 0) is 19.5 Å². The molecule has 0 saturated carbocycles. The molecule has 0 saturated heterocycles. The molecular weight excluding hydrogens is 262 g/mol. The van der Waals surface area contributed by atoms with E-state index in [1.807, 2.05) is 24.5 Å². The zero-order valence-electron chi connectivity index (χ0n) is 13.0. The fourth-order valence-electron chi connectivity index (χ4n) is 2.27. The van der Waals surface area contributed by atoms with Crippen molar-refractivity contribution in [3.8, 4) is 5.75 Å². The molecule has 0 aliphatic heterocycles. The van der Waals surface area contributed by atoms with Crippen LogP contribution in [0.5, 0.6) is 5.75 Å². The first-order valence-electron chi connectivity index (χ1n) is 7.76. The van der Waals surface area contributed by atoms with Crippen LogP contribution in [0, 0.1) is 0 Å². The number of hydrogen-bond acceptors (Lipinski definition) is 3. The lowest BCUT2D eigenvalue weighted by Gasteiger charge is -2.10. The van der Waals surface area contributed by atoms with E-state index in [4.69, 9.17) is 4.74 Å². The molecule has 0 radical (unpaired) electrons. The van der Waals surface area contributed by atoms with Gasteiger partial charge >= 0.3 is 0 Å². The summed E-state index contributed by atoms with van der Waals surface area (Å²) in [5.41, 5.74) is 1.26. The summed E-state index contributed by atoms with van der Waals surface area (Å²) in [4.78, 5) is 4.32. The van der Waals surface area contributed by atoms with Crippen molar-refractivity contribution < 1.29 is 4.74 Å². The van der Waals surface area contributed by atoms with Crippen molar-refractivity contribution in [3.63, 3.8) is 0 Å². The summed E-state index contributed by atoms with van der Waals surface area (Å²) in [6.07, 6.45) is 5.96. The topological polar surface area (TPSA) is 39.1 Å². The SMILES string of the molecule is CCCNCc1cccc(OCCn2ccnc2CC)c1. The molecule has 0 aliphatic rings. The van der Waals surface area contributed by atoms with Crippen LogP contribution in [-0.4, -0.2) is 22.7 Å². The quantitative estimate of drug-likeness (QED) is 0.721. The zero-order valence-corrected chi connectivity index (χ0v) is 13.0. The highest BCUT2D eigenvalue weighted by Crippen LogP contribution is 2.13. The number of imidazole rings is 1. The Hall–Kier alpha value is -1.81. The van der Waals surface area contributed by atoms with E-state index in [2.05, 4.69) is 40.8 Å². The third kappa shape index (κ3) is 4.90. The predicted octanol–water partition coefficient (Wildman–Crippen LogP) is 3.02. The summed E-state index contributed by atoms with van der Waals surface area (Å²) >= 11 is 0. The van der Waals surface area contributed by atoms with Gasteiger partial charge in [0.25, 0.3) is 0 Å². The van der Waals surface area contributed by atoms with Crippen molar-refractivity contribution >= 4 is 0 Å². The van der Waals surface area contributed by atoms with Crippen molar-refractivity contribution in [1.29, 1.82) is 0 Å². The first-order valence-corrected chi connectivity index (χ1v) is 7.76. The van der Waals surface area contributed by atoms with Crippen molar-refractivity contribution in [3.05, 3.63) is 48.0 Å². The highest BCUT2D eigenvalue weighted by atomic mass is 16.5. The molecule has 0 amide bonds. The molecule has 21 heavy (non-hydrogen) atoms. The van der Waals surface area contributed by atoms with E-state index in [1.54, 1.807) is 0 Å². The van der Waals surface area contributed by atoms with Crippen LogP contribution in [0.1, 0.15) is 31.7 Å². The standard InChI is InChI=1S/C17H25N3O/c1-3-8-18-14-15-6-5-7-16(13-15)21-12-11-20-10-9-19-17(20)4-2/h5-7,9-10,13,18H,3-4,8,11-12,14H2,1-2H3. The van der Waals surface area contributed by atoms with Crippen LogP contribution < -0.4 is 10.1 Å². The number of aromatic nitrogens is 2. The summed E-state index contributed by atoms with van der Waals surface area (Å²) < 4.78 is 7.99.